The molecule has 1 saturated heterocycles. The van der Waals surface area contributed by atoms with Crippen LogP contribution >= 0.6 is 27.7 Å². The first kappa shape index (κ1) is 22.4. The lowest BCUT2D eigenvalue weighted by atomic mass is 9.80. The smallest absolute Gasteiger partial charge is 0.253 e. The number of aromatic amines is 1. The molecule has 1 aromatic carbocycles. The van der Waals surface area contributed by atoms with Crippen molar-refractivity contribution in [1.82, 2.24) is 25.5 Å². The van der Waals surface area contributed by atoms with Crippen molar-refractivity contribution >= 4 is 39.5 Å². The maximum absolute atomic E-state index is 13.4. The van der Waals surface area contributed by atoms with E-state index in [4.69, 9.17) is 0 Å². The number of rotatable bonds is 6. The molecule has 2 aliphatic heterocycles. The van der Waals surface area contributed by atoms with E-state index in [1.807, 2.05) is 29.4 Å². The number of aromatic nitrogens is 2. The Kier molecular flexibility index (Phi) is 7.03. The monoisotopic (exact) mass is 505 g/mol. The van der Waals surface area contributed by atoms with E-state index in [2.05, 4.69) is 36.5 Å². The molecule has 31 heavy (non-hydrogen) atoms. The molecule has 0 radical (unpaired) electrons. The normalized spacial score (nSPS) is 18.5. The van der Waals surface area contributed by atoms with Crippen LogP contribution in [0, 0.1) is 0 Å². The molecule has 1 fully saturated rings. The third-order valence-corrected chi connectivity index (χ3v) is 7.61. The average Bonchev–Trinajstić information content (AvgIpc) is 3.27. The Hall–Kier alpha value is -1.84. The third-order valence-electron chi connectivity index (χ3n) is 6.27. The Labute approximate surface area is 195 Å². The van der Waals surface area contributed by atoms with Gasteiger partial charge in [-0.2, -0.15) is 11.8 Å². The van der Waals surface area contributed by atoms with Crippen LogP contribution in [0.25, 0.3) is 0 Å². The van der Waals surface area contributed by atoms with E-state index >= 15 is 0 Å². The average molecular weight is 506 g/mol. The summed E-state index contributed by atoms with van der Waals surface area (Å²) in [6.45, 7) is 2.22. The van der Waals surface area contributed by atoms with Crippen LogP contribution in [0.2, 0.25) is 0 Å². The van der Waals surface area contributed by atoms with Crippen LogP contribution in [0.3, 0.4) is 0 Å². The van der Waals surface area contributed by atoms with Gasteiger partial charge in [0.25, 0.3) is 5.91 Å². The number of thioether (sulfide) groups is 1. The zero-order valence-corrected chi connectivity index (χ0v) is 20.0. The fourth-order valence-corrected chi connectivity index (χ4v) is 5.49. The summed E-state index contributed by atoms with van der Waals surface area (Å²) in [5, 5.41) is 6.64. The largest absolute Gasteiger partial charge is 0.348 e. The predicted octanol–water partition coefficient (Wildman–Crippen LogP) is 2.69. The highest BCUT2D eigenvalue weighted by Gasteiger charge is 2.42. The summed E-state index contributed by atoms with van der Waals surface area (Å²) in [5.41, 5.74) is 2.70. The van der Waals surface area contributed by atoms with E-state index in [1.165, 1.54) is 5.69 Å². The van der Waals surface area contributed by atoms with Gasteiger partial charge < -0.3 is 20.5 Å². The van der Waals surface area contributed by atoms with Crippen LogP contribution in [0.1, 0.15) is 41.0 Å². The minimum Gasteiger partial charge on any atom is -0.348 e. The summed E-state index contributed by atoms with van der Waals surface area (Å²) in [5.74, 6) is 0.584. The summed E-state index contributed by atoms with van der Waals surface area (Å²) in [6, 6.07) is 6.75. The van der Waals surface area contributed by atoms with Gasteiger partial charge in [-0.25, -0.2) is 4.98 Å². The Morgan fingerprint density at radius 2 is 2.10 bits per heavy atom. The van der Waals surface area contributed by atoms with Gasteiger partial charge in [0.15, 0.2) is 0 Å². The minimum atomic E-state index is -0.527. The Morgan fingerprint density at radius 3 is 2.84 bits per heavy atom. The first-order valence-electron chi connectivity index (χ1n) is 10.6. The zero-order chi connectivity index (χ0) is 21.8. The summed E-state index contributed by atoms with van der Waals surface area (Å²) in [6.07, 6.45) is 7.00. The number of hydrogen-bond donors (Lipinski definition) is 3. The lowest BCUT2D eigenvalue weighted by Gasteiger charge is -2.44. The second kappa shape index (κ2) is 9.75. The molecular formula is C22H28BrN5O2S. The van der Waals surface area contributed by atoms with Crippen molar-refractivity contribution in [2.75, 3.05) is 31.6 Å². The highest BCUT2D eigenvalue weighted by atomic mass is 79.9. The number of benzene rings is 1. The number of H-pyrrole nitrogens is 1. The number of nitrogens with one attached hydrogen (secondary N) is 3. The van der Waals surface area contributed by atoms with Gasteiger partial charge in [0, 0.05) is 36.2 Å². The fraction of sp³-hybridized carbons (Fsp3) is 0.500. The first-order valence-corrected chi connectivity index (χ1v) is 12.8. The molecule has 1 spiro atoms. The van der Waals surface area contributed by atoms with Crippen molar-refractivity contribution in [2.45, 2.75) is 37.3 Å². The van der Waals surface area contributed by atoms with E-state index in [9.17, 15) is 9.59 Å². The Morgan fingerprint density at radius 1 is 1.32 bits per heavy atom. The number of likely N-dealkylation sites (tertiary alicyclic amines) is 1. The van der Waals surface area contributed by atoms with Crippen molar-refractivity contribution in [2.24, 2.45) is 0 Å². The molecule has 0 saturated carbocycles. The minimum absolute atomic E-state index is 0.00219. The molecule has 1 atom stereocenters. The van der Waals surface area contributed by atoms with Gasteiger partial charge >= 0.3 is 0 Å². The van der Waals surface area contributed by atoms with Crippen molar-refractivity contribution in [3.05, 3.63) is 52.0 Å². The van der Waals surface area contributed by atoms with Crippen LogP contribution < -0.4 is 10.6 Å². The molecule has 1 aromatic heterocycles. The maximum Gasteiger partial charge on any atom is 0.253 e. The number of halogens is 1. The number of nitrogens with zero attached hydrogens (tertiary/aromatic N) is 2. The van der Waals surface area contributed by atoms with Crippen LogP contribution in [0.5, 0.6) is 0 Å². The second-order valence-corrected chi connectivity index (χ2v) is 9.94. The molecule has 4 rings (SSSR count). The molecule has 9 heteroatoms. The molecule has 2 aliphatic rings. The lowest BCUT2D eigenvalue weighted by Crippen LogP contribution is -2.57. The van der Waals surface area contributed by atoms with Crippen molar-refractivity contribution in [3.63, 3.8) is 0 Å². The highest BCUT2D eigenvalue weighted by molar-refractivity contribution is 9.10. The zero-order valence-electron chi connectivity index (χ0n) is 17.6. The quantitative estimate of drug-likeness (QED) is 0.561. The number of carbonyl (C=O) groups is 2. The van der Waals surface area contributed by atoms with Gasteiger partial charge in [0.2, 0.25) is 5.91 Å². The maximum atomic E-state index is 13.4. The molecule has 0 aliphatic carbocycles. The summed E-state index contributed by atoms with van der Waals surface area (Å²) >= 11 is 5.11. The number of carbonyl (C=O) groups excluding carboxylic acids is 2. The number of piperidine rings is 1. The van der Waals surface area contributed by atoms with Crippen molar-refractivity contribution < 1.29 is 9.59 Å². The molecule has 2 aromatic rings. The first-order chi connectivity index (χ1) is 15.0. The van der Waals surface area contributed by atoms with Crippen LogP contribution in [-0.2, 0) is 16.8 Å². The van der Waals surface area contributed by atoms with Crippen molar-refractivity contribution in [3.8, 4) is 0 Å². The van der Waals surface area contributed by atoms with Crippen LogP contribution in [-0.4, -0.2) is 64.4 Å². The van der Waals surface area contributed by atoms with Crippen molar-refractivity contribution in [1.29, 1.82) is 0 Å². The number of fused-ring (bicyclic) bond motifs is 2. The summed E-state index contributed by atoms with van der Waals surface area (Å²) in [4.78, 5) is 35.9. The van der Waals surface area contributed by atoms with Crippen LogP contribution in [0.15, 0.2) is 35.1 Å². The molecule has 2 amide bonds. The van der Waals surface area contributed by atoms with Gasteiger partial charge in [-0.1, -0.05) is 12.1 Å². The molecule has 1 unspecified atom stereocenters. The van der Waals surface area contributed by atoms with Gasteiger partial charge in [-0.3, -0.25) is 9.59 Å². The SMILES string of the molecule is CSCCC(NC(=O)c1ccccc1Br)C(=O)N1CCC2(CC1)NCCc1[nH]cnc12. The number of imidazole rings is 1. The summed E-state index contributed by atoms with van der Waals surface area (Å²) in [7, 11) is 0. The molecule has 166 valence electrons. The van der Waals surface area contributed by atoms with E-state index in [-0.39, 0.29) is 17.4 Å². The highest BCUT2D eigenvalue weighted by Crippen LogP contribution is 2.36. The van der Waals surface area contributed by atoms with Gasteiger partial charge in [0.05, 0.1) is 23.1 Å². The molecule has 0 bridgehead atoms. The fourth-order valence-electron chi connectivity index (χ4n) is 4.55. The van der Waals surface area contributed by atoms with E-state index in [1.54, 1.807) is 24.2 Å². The molecule has 7 nitrogen and oxygen atoms in total. The second-order valence-electron chi connectivity index (χ2n) is 8.10. The Balaban J connectivity index is 1.44. The standard InChI is InChI=1S/C22H28BrN5O2S/c1-31-13-7-18(27-20(29)15-4-2-3-5-16(15)23)21(30)28-11-8-22(9-12-28)19-17(6-10-26-22)24-14-25-19/h2-5,14,18,26H,6-13H2,1H3,(H,24,25)(H,27,29). The lowest BCUT2D eigenvalue weighted by molar-refractivity contribution is -0.135. The van der Waals surface area contributed by atoms with Gasteiger partial charge in [0.1, 0.15) is 6.04 Å². The van der Waals surface area contributed by atoms with Gasteiger partial charge in [-0.15, -0.1) is 0 Å². The van der Waals surface area contributed by atoms with E-state index in [0.717, 1.165) is 41.7 Å². The Bertz CT molecular complexity index is 941. The third kappa shape index (κ3) is 4.68. The van der Waals surface area contributed by atoms with Gasteiger partial charge in [-0.05, 0) is 59.3 Å². The molecular weight excluding hydrogens is 478 g/mol. The topological polar surface area (TPSA) is 90.1 Å². The predicted molar refractivity (Wildman–Crippen MR) is 126 cm³/mol. The number of amides is 2. The number of hydrogen-bond acceptors (Lipinski definition) is 5. The van der Waals surface area contributed by atoms with Crippen LogP contribution in [0.4, 0.5) is 0 Å². The van der Waals surface area contributed by atoms with E-state index < -0.39 is 6.04 Å². The molecule has 3 N–H and O–H groups in total. The van der Waals surface area contributed by atoms with E-state index in [0.29, 0.717) is 25.1 Å². The summed E-state index contributed by atoms with van der Waals surface area (Å²) < 4.78 is 0.724. The molecule has 3 heterocycles.